The van der Waals surface area contributed by atoms with E-state index in [4.69, 9.17) is 4.74 Å². The number of hydrogen-bond acceptors (Lipinski definition) is 3. The number of anilines is 1. The Hall–Kier alpha value is -3.86. The summed E-state index contributed by atoms with van der Waals surface area (Å²) in [4.78, 5) is 27.4. The fraction of sp³-hybridized carbons (Fsp3) is 0.0833. The van der Waals surface area contributed by atoms with Crippen molar-refractivity contribution in [2.45, 2.75) is 5.92 Å². The van der Waals surface area contributed by atoms with E-state index in [0.717, 1.165) is 5.52 Å². The largest absolute Gasteiger partial charge is 0.448 e. The molecule has 4 aromatic rings. The molecule has 1 amide bonds. The molecule has 0 fully saturated rings. The molecule has 1 aromatic heterocycles. The van der Waals surface area contributed by atoms with Gasteiger partial charge in [0.2, 0.25) is 0 Å². The zero-order valence-corrected chi connectivity index (χ0v) is 15.5. The van der Waals surface area contributed by atoms with Crippen LogP contribution >= 0.6 is 0 Å². The molecule has 0 radical (unpaired) electrons. The standard InChI is InChI=1S/C24H18N2O3/c27-23-11-12-25-22-10-9-15(13-20(22)23)26-24(28)29-14-21-18-7-3-1-5-16(18)17-6-2-4-8-19(17)21/h1-13,21H,14H2,(H,25,27)(H,26,28). The Morgan fingerprint density at radius 2 is 1.62 bits per heavy atom. The molecule has 142 valence electrons. The van der Waals surface area contributed by atoms with E-state index in [1.54, 1.807) is 24.4 Å². The number of ether oxygens (including phenoxy) is 1. The molecule has 1 aliphatic carbocycles. The van der Waals surface area contributed by atoms with Gasteiger partial charge in [0.05, 0.1) is 0 Å². The highest BCUT2D eigenvalue weighted by atomic mass is 16.5. The number of carbonyl (C=O) groups excluding carboxylic acids is 1. The molecule has 0 saturated heterocycles. The Kier molecular flexibility index (Phi) is 4.13. The van der Waals surface area contributed by atoms with Gasteiger partial charge in [0.25, 0.3) is 0 Å². The molecule has 1 heterocycles. The maximum absolute atomic E-state index is 12.4. The van der Waals surface area contributed by atoms with E-state index >= 15 is 0 Å². The normalized spacial score (nSPS) is 12.4. The van der Waals surface area contributed by atoms with E-state index in [9.17, 15) is 9.59 Å². The zero-order valence-electron chi connectivity index (χ0n) is 15.5. The predicted molar refractivity (Wildman–Crippen MR) is 113 cm³/mol. The van der Waals surface area contributed by atoms with Gasteiger partial charge in [0, 0.05) is 34.8 Å². The van der Waals surface area contributed by atoms with Crippen molar-refractivity contribution in [1.82, 2.24) is 4.98 Å². The summed E-state index contributed by atoms with van der Waals surface area (Å²) < 4.78 is 5.55. The van der Waals surface area contributed by atoms with Gasteiger partial charge in [-0.2, -0.15) is 0 Å². The number of aromatic amines is 1. The molecule has 5 rings (SSSR count). The summed E-state index contributed by atoms with van der Waals surface area (Å²) in [5, 5.41) is 3.24. The number of amides is 1. The van der Waals surface area contributed by atoms with Gasteiger partial charge in [0.1, 0.15) is 6.61 Å². The van der Waals surface area contributed by atoms with Crippen molar-refractivity contribution >= 4 is 22.7 Å². The number of nitrogens with one attached hydrogen (secondary N) is 2. The Morgan fingerprint density at radius 1 is 0.931 bits per heavy atom. The number of benzene rings is 3. The second kappa shape index (κ2) is 6.95. The minimum Gasteiger partial charge on any atom is -0.448 e. The average Bonchev–Trinajstić information content (AvgIpc) is 3.07. The molecular weight excluding hydrogens is 364 g/mol. The van der Waals surface area contributed by atoms with E-state index in [-0.39, 0.29) is 18.0 Å². The number of aromatic nitrogens is 1. The third kappa shape index (κ3) is 3.06. The SMILES string of the molecule is O=C(Nc1ccc2[nH]ccc(=O)c2c1)OCC1c2ccccc2-c2ccccc21. The Morgan fingerprint density at radius 3 is 2.34 bits per heavy atom. The van der Waals surface area contributed by atoms with E-state index in [1.165, 1.54) is 28.3 Å². The maximum Gasteiger partial charge on any atom is 0.411 e. The minimum atomic E-state index is -0.543. The Bertz CT molecular complexity index is 1250. The highest BCUT2D eigenvalue weighted by molar-refractivity contribution is 5.89. The molecule has 0 unspecified atom stereocenters. The summed E-state index contributed by atoms with van der Waals surface area (Å²) >= 11 is 0. The lowest BCUT2D eigenvalue weighted by atomic mass is 9.98. The number of carbonyl (C=O) groups is 1. The fourth-order valence-corrected chi connectivity index (χ4v) is 4.00. The topological polar surface area (TPSA) is 71.2 Å². The molecule has 0 atom stereocenters. The highest BCUT2D eigenvalue weighted by Gasteiger charge is 2.28. The average molecular weight is 382 g/mol. The van der Waals surface area contributed by atoms with Crippen LogP contribution < -0.4 is 10.7 Å². The van der Waals surface area contributed by atoms with Crippen molar-refractivity contribution in [2.75, 3.05) is 11.9 Å². The second-order valence-corrected chi connectivity index (χ2v) is 7.05. The number of H-pyrrole nitrogens is 1. The van der Waals surface area contributed by atoms with Crippen LogP contribution in [0.1, 0.15) is 17.0 Å². The molecule has 0 bridgehead atoms. The summed E-state index contributed by atoms with van der Waals surface area (Å²) in [6.07, 6.45) is 1.06. The molecule has 1 aliphatic rings. The van der Waals surface area contributed by atoms with Crippen LogP contribution in [0, 0.1) is 0 Å². The zero-order chi connectivity index (χ0) is 19.8. The van der Waals surface area contributed by atoms with Crippen molar-refractivity contribution in [2.24, 2.45) is 0 Å². The van der Waals surface area contributed by atoms with Crippen LogP contribution in [0.4, 0.5) is 10.5 Å². The first-order chi connectivity index (χ1) is 14.2. The Labute approximate surface area is 167 Å². The van der Waals surface area contributed by atoms with Crippen LogP contribution in [-0.4, -0.2) is 17.7 Å². The van der Waals surface area contributed by atoms with Crippen molar-refractivity contribution in [1.29, 1.82) is 0 Å². The third-order valence-electron chi connectivity index (χ3n) is 5.35. The first-order valence-electron chi connectivity index (χ1n) is 9.44. The van der Waals surface area contributed by atoms with Crippen LogP contribution in [0.5, 0.6) is 0 Å². The molecule has 0 saturated carbocycles. The van der Waals surface area contributed by atoms with Gasteiger partial charge < -0.3 is 9.72 Å². The smallest absolute Gasteiger partial charge is 0.411 e. The molecule has 0 aliphatic heterocycles. The molecular formula is C24H18N2O3. The van der Waals surface area contributed by atoms with Gasteiger partial charge in [-0.25, -0.2) is 4.79 Å². The van der Waals surface area contributed by atoms with Crippen molar-refractivity contribution in [3.05, 3.63) is 100 Å². The molecule has 5 heteroatoms. The quantitative estimate of drug-likeness (QED) is 0.530. The van der Waals surface area contributed by atoms with Gasteiger partial charge in [-0.3, -0.25) is 10.1 Å². The number of rotatable bonds is 3. The van der Waals surface area contributed by atoms with Crippen LogP contribution in [-0.2, 0) is 4.74 Å². The first-order valence-corrected chi connectivity index (χ1v) is 9.44. The van der Waals surface area contributed by atoms with Gasteiger partial charge in [-0.05, 0) is 40.5 Å². The Balaban J connectivity index is 1.34. The van der Waals surface area contributed by atoms with Crippen molar-refractivity contribution < 1.29 is 9.53 Å². The molecule has 0 spiro atoms. The van der Waals surface area contributed by atoms with Crippen LogP contribution in [0.15, 0.2) is 83.8 Å². The van der Waals surface area contributed by atoms with Crippen LogP contribution in [0.25, 0.3) is 22.0 Å². The molecule has 2 N–H and O–H groups in total. The van der Waals surface area contributed by atoms with E-state index < -0.39 is 6.09 Å². The van der Waals surface area contributed by atoms with Gasteiger partial charge in [-0.1, -0.05) is 48.5 Å². The van der Waals surface area contributed by atoms with E-state index in [2.05, 4.69) is 34.6 Å². The maximum atomic E-state index is 12.4. The lowest BCUT2D eigenvalue weighted by molar-refractivity contribution is 0.158. The van der Waals surface area contributed by atoms with Gasteiger partial charge in [-0.15, -0.1) is 0 Å². The van der Waals surface area contributed by atoms with E-state index in [0.29, 0.717) is 11.1 Å². The third-order valence-corrected chi connectivity index (χ3v) is 5.35. The monoisotopic (exact) mass is 382 g/mol. The van der Waals surface area contributed by atoms with Crippen LogP contribution in [0.2, 0.25) is 0 Å². The summed E-state index contributed by atoms with van der Waals surface area (Å²) in [7, 11) is 0. The fourth-order valence-electron chi connectivity index (χ4n) is 4.00. The van der Waals surface area contributed by atoms with Gasteiger partial charge >= 0.3 is 6.09 Å². The summed E-state index contributed by atoms with van der Waals surface area (Å²) in [5.74, 6) is 0.00704. The minimum absolute atomic E-state index is 0.00704. The lowest BCUT2D eigenvalue weighted by Crippen LogP contribution is -2.18. The lowest BCUT2D eigenvalue weighted by Gasteiger charge is -2.14. The van der Waals surface area contributed by atoms with Gasteiger partial charge in [0.15, 0.2) is 5.43 Å². The second-order valence-electron chi connectivity index (χ2n) is 7.05. The number of hydrogen-bond donors (Lipinski definition) is 2. The van der Waals surface area contributed by atoms with Crippen molar-refractivity contribution in [3.8, 4) is 11.1 Å². The van der Waals surface area contributed by atoms with E-state index in [1.807, 2.05) is 24.3 Å². The number of fused-ring (bicyclic) bond motifs is 4. The number of pyridine rings is 1. The predicted octanol–water partition coefficient (Wildman–Crippen LogP) is 4.89. The first kappa shape index (κ1) is 17.3. The molecule has 5 nitrogen and oxygen atoms in total. The highest BCUT2D eigenvalue weighted by Crippen LogP contribution is 2.44. The summed E-state index contributed by atoms with van der Waals surface area (Å²) in [6, 6.07) is 23.0. The van der Waals surface area contributed by atoms with Crippen LogP contribution in [0.3, 0.4) is 0 Å². The summed E-state index contributed by atoms with van der Waals surface area (Å²) in [5.41, 5.74) is 5.84. The molecule has 3 aromatic carbocycles. The van der Waals surface area contributed by atoms with Crippen molar-refractivity contribution in [3.63, 3.8) is 0 Å². The molecule has 29 heavy (non-hydrogen) atoms. The summed E-state index contributed by atoms with van der Waals surface area (Å²) in [6.45, 7) is 0.244.